The number of nitrogens with two attached hydrogens (primary N) is 1. The maximum absolute atomic E-state index is 11.6. The number of carbonyl (C=O) groups is 1. The maximum atomic E-state index is 11.6. The number of rotatable bonds is 4. The number of aromatic nitrogens is 1. The fourth-order valence-electron chi connectivity index (χ4n) is 1.58. The molecule has 17 heavy (non-hydrogen) atoms. The molecular formula is C12H15N3OS. The molecule has 0 radical (unpaired) electrons. The number of nitrogens with zero attached hydrogens (tertiary/aromatic N) is 1. The van der Waals surface area contributed by atoms with Crippen LogP contribution in [0.3, 0.4) is 0 Å². The Bertz CT molecular complexity index is 536. The summed E-state index contributed by atoms with van der Waals surface area (Å²) in [5.41, 5.74) is 8.09. The van der Waals surface area contributed by atoms with E-state index in [9.17, 15) is 4.79 Å². The van der Waals surface area contributed by atoms with Gasteiger partial charge in [-0.15, -0.1) is 11.3 Å². The Hall–Kier alpha value is -1.62. The summed E-state index contributed by atoms with van der Waals surface area (Å²) >= 11 is 1.53. The lowest BCUT2D eigenvalue weighted by Gasteiger charge is -2.07. The van der Waals surface area contributed by atoms with E-state index < -0.39 is 0 Å². The number of fused-ring (bicyclic) bond motifs is 1. The first-order valence-corrected chi connectivity index (χ1v) is 6.52. The van der Waals surface area contributed by atoms with Gasteiger partial charge < -0.3 is 11.1 Å². The van der Waals surface area contributed by atoms with Gasteiger partial charge in [-0.3, -0.25) is 9.78 Å². The van der Waals surface area contributed by atoms with Crippen molar-refractivity contribution in [3.05, 3.63) is 17.6 Å². The summed E-state index contributed by atoms with van der Waals surface area (Å²) in [6.45, 7) is 2.06. The van der Waals surface area contributed by atoms with E-state index in [1.165, 1.54) is 11.3 Å². The van der Waals surface area contributed by atoms with Crippen molar-refractivity contribution < 1.29 is 4.79 Å². The minimum Gasteiger partial charge on any atom is -0.396 e. The summed E-state index contributed by atoms with van der Waals surface area (Å²) < 4.78 is 0.929. The minimum absolute atomic E-state index is 0.00347. The van der Waals surface area contributed by atoms with Gasteiger partial charge in [0.15, 0.2) is 0 Å². The molecule has 3 N–H and O–H groups in total. The number of nitrogens with one attached hydrogen (secondary N) is 1. The SMILES string of the molecule is CCCCC(=O)Nc1cnc2ccsc2c1N. The number of anilines is 2. The fraction of sp³-hybridized carbons (Fsp3) is 0.333. The number of hydrogen-bond acceptors (Lipinski definition) is 4. The third-order valence-corrected chi connectivity index (χ3v) is 3.48. The summed E-state index contributed by atoms with van der Waals surface area (Å²) in [4.78, 5) is 15.9. The molecule has 1 amide bonds. The number of thiophene rings is 1. The van der Waals surface area contributed by atoms with Crippen molar-refractivity contribution in [1.82, 2.24) is 4.98 Å². The molecule has 0 saturated carbocycles. The Balaban J connectivity index is 2.18. The number of unbranched alkanes of at least 4 members (excludes halogenated alkanes) is 1. The normalized spacial score (nSPS) is 10.6. The van der Waals surface area contributed by atoms with Crippen LogP contribution in [0, 0.1) is 0 Å². The average molecular weight is 249 g/mol. The fourth-order valence-corrected chi connectivity index (χ4v) is 2.39. The maximum Gasteiger partial charge on any atom is 0.224 e. The largest absolute Gasteiger partial charge is 0.396 e. The van der Waals surface area contributed by atoms with Gasteiger partial charge in [-0.2, -0.15) is 0 Å². The van der Waals surface area contributed by atoms with Crippen molar-refractivity contribution in [2.24, 2.45) is 0 Å². The van der Waals surface area contributed by atoms with Crippen LogP contribution in [-0.2, 0) is 4.79 Å². The highest BCUT2D eigenvalue weighted by Gasteiger charge is 2.09. The van der Waals surface area contributed by atoms with Crippen LogP contribution < -0.4 is 11.1 Å². The molecule has 2 aromatic heterocycles. The lowest BCUT2D eigenvalue weighted by atomic mass is 10.2. The first-order chi connectivity index (χ1) is 8.22. The van der Waals surface area contributed by atoms with Crippen molar-refractivity contribution in [2.45, 2.75) is 26.2 Å². The Morgan fingerprint density at radius 3 is 3.18 bits per heavy atom. The molecule has 0 bridgehead atoms. The molecule has 0 aliphatic carbocycles. The highest BCUT2D eigenvalue weighted by atomic mass is 32.1. The zero-order valence-electron chi connectivity index (χ0n) is 9.69. The molecule has 0 fully saturated rings. The van der Waals surface area contributed by atoms with E-state index in [1.54, 1.807) is 6.20 Å². The Morgan fingerprint density at radius 2 is 2.41 bits per heavy atom. The first-order valence-electron chi connectivity index (χ1n) is 5.64. The van der Waals surface area contributed by atoms with Gasteiger partial charge in [0.1, 0.15) is 0 Å². The van der Waals surface area contributed by atoms with Crippen molar-refractivity contribution in [2.75, 3.05) is 11.1 Å². The standard InChI is InChI=1S/C12H15N3OS/c1-2-3-4-10(16)15-9-7-14-8-5-6-17-12(8)11(9)13/h5-7H,2-4H2,1H3,(H2,13,14)(H,15,16). The molecule has 0 atom stereocenters. The molecule has 0 spiro atoms. The van der Waals surface area contributed by atoms with E-state index in [0.717, 1.165) is 23.1 Å². The van der Waals surface area contributed by atoms with E-state index in [4.69, 9.17) is 5.73 Å². The monoisotopic (exact) mass is 249 g/mol. The van der Waals surface area contributed by atoms with E-state index in [2.05, 4.69) is 17.2 Å². The molecule has 0 saturated heterocycles. The zero-order chi connectivity index (χ0) is 12.3. The zero-order valence-corrected chi connectivity index (χ0v) is 10.5. The van der Waals surface area contributed by atoms with Gasteiger partial charge in [0.25, 0.3) is 0 Å². The van der Waals surface area contributed by atoms with Crippen LogP contribution in [-0.4, -0.2) is 10.9 Å². The second kappa shape index (κ2) is 5.14. The number of nitrogen functional groups attached to an aromatic ring is 1. The van der Waals surface area contributed by atoms with Crippen LogP contribution in [0.25, 0.3) is 10.2 Å². The molecule has 90 valence electrons. The molecule has 0 aromatic carbocycles. The highest BCUT2D eigenvalue weighted by Crippen LogP contribution is 2.30. The van der Waals surface area contributed by atoms with Gasteiger partial charge in [0, 0.05) is 6.42 Å². The second-order valence-corrected chi connectivity index (χ2v) is 4.79. The Morgan fingerprint density at radius 1 is 1.59 bits per heavy atom. The smallest absolute Gasteiger partial charge is 0.224 e. The third kappa shape index (κ3) is 2.55. The van der Waals surface area contributed by atoms with Crippen LogP contribution in [0.5, 0.6) is 0 Å². The van der Waals surface area contributed by atoms with E-state index in [0.29, 0.717) is 17.8 Å². The predicted molar refractivity (Wildman–Crippen MR) is 72.2 cm³/mol. The summed E-state index contributed by atoms with van der Waals surface area (Å²) in [5, 5.41) is 4.75. The molecule has 0 aliphatic rings. The highest BCUT2D eigenvalue weighted by molar-refractivity contribution is 7.17. The van der Waals surface area contributed by atoms with Crippen LogP contribution in [0.15, 0.2) is 17.6 Å². The third-order valence-electron chi connectivity index (χ3n) is 2.54. The summed E-state index contributed by atoms with van der Waals surface area (Å²) in [5.74, 6) is -0.00347. The summed E-state index contributed by atoms with van der Waals surface area (Å²) in [6, 6.07) is 1.92. The molecule has 2 rings (SSSR count). The summed E-state index contributed by atoms with van der Waals surface area (Å²) in [6.07, 6.45) is 4.04. The first kappa shape index (κ1) is 11.9. The lowest BCUT2D eigenvalue weighted by Crippen LogP contribution is -2.12. The van der Waals surface area contributed by atoms with Crippen LogP contribution >= 0.6 is 11.3 Å². The van der Waals surface area contributed by atoms with Gasteiger partial charge in [-0.05, 0) is 17.9 Å². The van der Waals surface area contributed by atoms with Gasteiger partial charge in [-0.1, -0.05) is 13.3 Å². The van der Waals surface area contributed by atoms with Crippen LogP contribution in [0.2, 0.25) is 0 Å². The second-order valence-electron chi connectivity index (χ2n) is 3.87. The minimum atomic E-state index is -0.00347. The van der Waals surface area contributed by atoms with Crippen molar-refractivity contribution in [1.29, 1.82) is 0 Å². The van der Waals surface area contributed by atoms with Gasteiger partial charge in [-0.25, -0.2) is 0 Å². The molecular weight excluding hydrogens is 234 g/mol. The Kier molecular flexibility index (Phi) is 3.58. The molecule has 0 aliphatic heterocycles. The summed E-state index contributed by atoms with van der Waals surface area (Å²) in [7, 11) is 0. The average Bonchev–Trinajstić information content (AvgIpc) is 2.79. The molecule has 2 heterocycles. The van der Waals surface area contributed by atoms with Crippen LogP contribution in [0.4, 0.5) is 11.4 Å². The van der Waals surface area contributed by atoms with Gasteiger partial charge >= 0.3 is 0 Å². The van der Waals surface area contributed by atoms with Crippen molar-refractivity contribution in [3.63, 3.8) is 0 Å². The molecule has 0 unspecified atom stereocenters. The van der Waals surface area contributed by atoms with Crippen LogP contribution in [0.1, 0.15) is 26.2 Å². The Labute approximate surface area is 104 Å². The number of carbonyl (C=O) groups excluding carboxylic acids is 1. The van der Waals surface area contributed by atoms with E-state index in [-0.39, 0.29) is 5.91 Å². The molecule has 2 aromatic rings. The molecule has 5 heteroatoms. The van der Waals surface area contributed by atoms with Gasteiger partial charge in [0.2, 0.25) is 5.91 Å². The van der Waals surface area contributed by atoms with E-state index in [1.807, 2.05) is 11.4 Å². The number of amides is 1. The van der Waals surface area contributed by atoms with Gasteiger partial charge in [0.05, 0.1) is 27.8 Å². The van der Waals surface area contributed by atoms with Crippen molar-refractivity contribution in [3.8, 4) is 0 Å². The topological polar surface area (TPSA) is 68.0 Å². The quantitative estimate of drug-likeness (QED) is 0.875. The number of pyridine rings is 1. The lowest BCUT2D eigenvalue weighted by molar-refractivity contribution is -0.116. The van der Waals surface area contributed by atoms with E-state index >= 15 is 0 Å². The number of hydrogen-bond donors (Lipinski definition) is 2. The predicted octanol–water partition coefficient (Wildman–Crippen LogP) is 3.01. The molecule has 4 nitrogen and oxygen atoms in total. The van der Waals surface area contributed by atoms with Crippen molar-refractivity contribution >= 4 is 38.8 Å².